The zero-order chi connectivity index (χ0) is 18.1. The minimum atomic E-state index is -0.441. The molecular formula is C20H26ClN3O3. The van der Waals surface area contributed by atoms with Crippen molar-refractivity contribution in [2.75, 3.05) is 6.61 Å². The molecule has 146 valence electrons. The highest BCUT2D eigenvalue weighted by molar-refractivity contribution is 5.85. The summed E-state index contributed by atoms with van der Waals surface area (Å²) in [7, 11) is 0. The van der Waals surface area contributed by atoms with Gasteiger partial charge in [0.2, 0.25) is 0 Å². The minimum absolute atomic E-state index is 0. The van der Waals surface area contributed by atoms with Crippen LogP contribution in [0.15, 0.2) is 16.7 Å². The number of nitrogens with zero attached hydrogens (tertiary/aromatic N) is 2. The van der Waals surface area contributed by atoms with Crippen LogP contribution in [0.2, 0.25) is 0 Å². The zero-order valence-electron chi connectivity index (χ0n) is 15.7. The van der Waals surface area contributed by atoms with Gasteiger partial charge < -0.3 is 19.7 Å². The van der Waals surface area contributed by atoms with E-state index in [9.17, 15) is 0 Å². The largest absolute Gasteiger partial charge is 0.493 e. The molecule has 1 saturated carbocycles. The number of halogens is 1. The average molecular weight is 392 g/mol. The van der Waals surface area contributed by atoms with Crippen LogP contribution in [0.4, 0.5) is 0 Å². The summed E-state index contributed by atoms with van der Waals surface area (Å²) in [5.74, 6) is 2.81. The fourth-order valence-corrected chi connectivity index (χ4v) is 3.76. The van der Waals surface area contributed by atoms with Crippen LogP contribution in [0.1, 0.15) is 62.4 Å². The Morgan fingerprint density at radius 2 is 2.07 bits per heavy atom. The van der Waals surface area contributed by atoms with E-state index in [-0.39, 0.29) is 18.5 Å². The second kappa shape index (κ2) is 7.90. The zero-order valence-corrected chi connectivity index (χ0v) is 16.6. The summed E-state index contributed by atoms with van der Waals surface area (Å²) in [5.41, 5.74) is 8.07. The second-order valence-electron chi connectivity index (χ2n) is 7.22. The van der Waals surface area contributed by atoms with Crippen molar-refractivity contribution in [1.29, 1.82) is 0 Å². The van der Waals surface area contributed by atoms with Crippen molar-refractivity contribution >= 4 is 24.6 Å². The lowest BCUT2D eigenvalue weighted by molar-refractivity contribution is 0.254. The van der Waals surface area contributed by atoms with Crippen molar-refractivity contribution in [3.63, 3.8) is 0 Å². The number of ether oxygens (including phenoxy) is 2. The molecule has 2 aromatic rings. The molecule has 1 unspecified atom stereocenters. The quantitative estimate of drug-likeness (QED) is 0.825. The molecule has 1 fully saturated rings. The number of hydrogen-bond donors (Lipinski definition) is 1. The molecule has 1 aromatic heterocycles. The molecule has 1 aliphatic heterocycles. The molecule has 0 spiro atoms. The average Bonchev–Trinajstić information content (AvgIpc) is 3.32. The monoisotopic (exact) mass is 391 g/mol. The summed E-state index contributed by atoms with van der Waals surface area (Å²) in [6, 6.07) is 4.08. The van der Waals surface area contributed by atoms with Gasteiger partial charge >= 0.3 is 0 Å². The smallest absolute Gasteiger partial charge is 0.250 e. The first-order valence-corrected chi connectivity index (χ1v) is 9.35. The third-order valence-corrected chi connectivity index (χ3v) is 5.12. The van der Waals surface area contributed by atoms with Gasteiger partial charge in [-0.25, -0.2) is 0 Å². The molecule has 1 aliphatic carbocycles. The van der Waals surface area contributed by atoms with Gasteiger partial charge in [-0.2, -0.15) is 4.98 Å². The SMILES string of the molecule is CCOc1cc2c(cc1/C=C/c1nc(C3(N)CCCC3)no1)OC(C)C2.Cl. The van der Waals surface area contributed by atoms with Crippen molar-refractivity contribution in [2.24, 2.45) is 5.73 Å². The summed E-state index contributed by atoms with van der Waals surface area (Å²) in [5, 5.41) is 4.09. The molecule has 0 amide bonds. The lowest BCUT2D eigenvalue weighted by Gasteiger charge is -2.17. The first-order valence-electron chi connectivity index (χ1n) is 9.35. The van der Waals surface area contributed by atoms with Gasteiger partial charge in [0.05, 0.1) is 12.1 Å². The molecule has 0 radical (unpaired) electrons. The Bertz CT molecular complexity index is 828. The van der Waals surface area contributed by atoms with Gasteiger partial charge in [-0.15, -0.1) is 12.4 Å². The summed E-state index contributed by atoms with van der Waals surface area (Å²) in [6.45, 7) is 4.66. The molecule has 1 aromatic carbocycles. The van der Waals surface area contributed by atoms with Crippen molar-refractivity contribution < 1.29 is 14.0 Å². The normalized spacial score (nSPS) is 20.3. The van der Waals surface area contributed by atoms with E-state index in [1.807, 2.05) is 19.1 Å². The summed E-state index contributed by atoms with van der Waals surface area (Å²) in [6.07, 6.45) is 8.87. The van der Waals surface area contributed by atoms with Crippen LogP contribution in [0, 0.1) is 0 Å². The van der Waals surface area contributed by atoms with Crippen LogP contribution in [0.3, 0.4) is 0 Å². The Morgan fingerprint density at radius 1 is 1.30 bits per heavy atom. The molecular weight excluding hydrogens is 366 g/mol. The predicted molar refractivity (Wildman–Crippen MR) is 106 cm³/mol. The Labute approximate surface area is 165 Å². The van der Waals surface area contributed by atoms with E-state index >= 15 is 0 Å². The molecule has 4 rings (SSSR count). The molecule has 2 aliphatic rings. The fraction of sp³-hybridized carbons (Fsp3) is 0.500. The second-order valence-corrected chi connectivity index (χ2v) is 7.22. The van der Waals surface area contributed by atoms with E-state index in [2.05, 4.69) is 23.1 Å². The fourth-order valence-electron chi connectivity index (χ4n) is 3.76. The number of rotatable bonds is 5. The standard InChI is InChI=1S/C20H25N3O3.ClH/c1-3-24-16-12-15-10-13(2)25-17(15)11-14(16)6-7-18-22-19(23-26-18)20(21)8-4-5-9-20;/h6-7,11-13H,3-5,8-10,21H2,1-2H3;1H/b7-6+;. The van der Waals surface area contributed by atoms with Crippen molar-refractivity contribution in [3.05, 3.63) is 35.0 Å². The summed E-state index contributed by atoms with van der Waals surface area (Å²) >= 11 is 0. The van der Waals surface area contributed by atoms with E-state index in [1.54, 1.807) is 6.08 Å². The third kappa shape index (κ3) is 3.96. The van der Waals surface area contributed by atoms with Crippen molar-refractivity contribution in [1.82, 2.24) is 10.1 Å². The van der Waals surface area contributed by atoms with Crippen LogP contribution >= 0.6 is 12.4 Å². The molecule has 0 saturated heterocycles. The number of hydrogen-bond acceptors (Lipinski definition) is 6. The molecule has 6 nitrogen and oxygen atoms in total. The Balaban J connectivity index is 0.00000210. The first-order chi connectivity index (χ1) is 12.6. The maximum absolute atomic E-state index is 6.39. The summed E-state index contributed by atoms with van der Waals surface area (Å²) < 4.78 is 17.0. The Kier molecular flexibility index (Phi) is 5.77. The summed E-state index contributed by atoms with van der Waals surface area (Å²) in [4.78, 5) is 4.48. The van der Waals surface area contributed by atoms with Crippen LogP contribution in [-0.2, 0) is 12.0 Å². The van der Waals surface area contributed by atoms with Crippen LogP contribution < -0.4 is 15.2 Å². The molecule has 2 N–H and O–H groups in total. The first kappa shape index (κ1) is 19.7. The van der Waals surface area contributed by atoms with E-state index in [0.29, 0.717) is 18.3 Å². The third-order valence-electron chi connectivity index (χ3n) is 5.12. The highest BCUT2D eigenvalue weighted by Gasteiger charge is 2.35. The Morgan fingerprint density at radius 3 is 2.81 bits per heavy atom. The molecule has 1 atom stereocenters. The van der Waals surface area contributed by atoms with Gasteiger partial charge in [0.1, 0.15) is 17.6 Å². The lowest BCUT2D eigenvalue weighted by Crippen LogP contribution is -2.34. The van der Waals surface area contributed by atoms with E-state index in [4.69, 9.17) is 19.7 Å². The number of fused-ring (bicyclic) bond motifs is 1. The maximum atomic E-state index is 6.39. The topological polar surface area (TPSA) is 83.4 Å². The maximum Gasteiger partial charge on any atom is 0.250 e. The van der Waals surface area contributed by atoms with Gasteiger partial charge in [0.15, 0.2) is 5.82 Å². The van der Waals surface area contributed by atoms with Crippen LogP contribution in [0.25, 0.3) is 12.2 Å². The molecule has 27 heavy (non-hydrogen) atoms. The van der Waals surface area contributed by atoms with E-state index in [1.165, 1.54) is 5.56 Å². The number of aromatic nitrogens is 2. The van der Waals surface area contributed by atoms with Crippen LogP contribution in [0.5, 0.6) is 11.5 Å². The van der Waals surface area contributed by atoms with Crippen molar-refractivity contribution in [2.45, 2.75) is 57.6 Å². The molecule has 2 heterocycles. The molecule has 0 bridgehead atoms. The van der Waals surface area contributed by atoms with E-state index < -0.39 is 5.54 Å². The van der Waals surface area contributed by atoms with E-state index in [0.717, 1.165) is 49.2 Å². The van der Waals surface area contributed by atoms with Gasteiger partial charge in [0, 0.05) is 23.6 Å². The van der Waals surface area contributed by atoms with Crippen LogP contribution in [-0.4, -0.2) is 22.9 Å². The van der Waals surface area contributed by atoms with Gasteiger partial charge in [-0.05, 0) is 44.9 Å². The predicted octanol–water partition coefficient (Wildman–Crippen LogP) is 4.11. The van der Waals surface area contributed by atoms with Crippen molar-refractivity contribution in [3.8, 4) is 11.5 Å². The number of benzene rings is 1. The highest BCUT2D eigenvalue weighted by atomic mass is 35.5. The Hall–Kier alpha value is -2.05. The molecule has 7 heteroatoms. The van der Waals surface area contributed by atoms with Gasteiger partial charge in [-0.1, -0.05) is 18.0 Å². The number of nitrogens with two attached hydrogens (primary N) is 1. The highest BCUT2D eigenvalue weighted by Crippen LogP contribution is 2.37. The lowest BCUT2D eigenvalue weighted by atomic mass is 9.99. The van der Waals surface area contributed by atoms with Gasteiger partial charge in [0.25, 0.3) is 5.89 Å². The van der Waals surface area contributed by atoms with Gasteiger partial charge in [-0.3, -0.25) is 0 Å². The minimum Gasteiger partial charge on any atom is -0.493 e.